The number of hydrogen-bond donors (Lipinski definition) is 1. The Morgan fingerprint density at radius 2 is 2.09 bits per heavy atom. The Labute approximate surface area is 132 Å². The molecule has 0 spiro atoms. The summed E-state index contributed by atoms with van der Waals surface area (Å²) in [5.74, 6) is -0.616. The Balaban J connectivity index is 1.89. The van der Waals surface area contributed by atoms with Gasteiger partial charge in [0.15, 0.2) is 0 Å². The van der Waals surface area contributed by atoms with Crippen molar-refractivity contribution in [3.63, 3.8) is 0 Å². The lowest BCUT2D eigenvalue weighted by Crippen LogP contribution is -2.44. The average molecular weight is 303 g/mol. The van der Waals surface area contributed by atoms with Crippen LogP contribution in [0.2, 0.25) is 0 Å². The molecule has 1 N–H and O–H groups in total. The standard InChI is InChI=1S/C18H25NO3/c1-14-5-4-6-15(13-14)8-10-17(20)19-12-3-2-7-16(19)9-11-18(21)22/h4-6,13,16H,2-3,7-12H2,1H3,(H,21,22). The first kappa shape index (κ1) is 16.5. The Bertz CT molecular complexity index is 527. The molecular formula is C18H25NO3. The molecule has 4 nitrogen and oxygen atoms in total. The SMILES string of the molecule is Cc1cccc(CCC(=O)N2CCCCC2CCC(=O)O)c1. The summed E-state index contributed by atoms with van der Waals surface area (Å²) in [7, 11) is 0. The number of carboxylic acid groups (broad SMARTS) is 1. The molecule has 1 aromatic rings. The van der Waals surface area contributed by atoms with E-state index in [0.717, 1.165) is 32.2 Å². The molecule has 4 heteroatoms. The van der Waals surface area contributed by atoms with Crippen molar-refractivity contribution in [2.45, 2.75) is 57.9 Å². The summed E-state index contributed by atoms with van der Waals surface area (Å²) in [5, 5.41) is 8.84. The number of rotatable bonds is 6. The summed E-state index contributed by atoms with van der Waals surface area (Å²) >= 11 is 0. The van der Waals surface area contributed by atoms with Crippen LogP contribution in [0.1, 0.15) is 49.7 Å². The Morgan fingerprint density at radius 1 is 1.27 bits per heavy atom. The number of carbonyl (C=O) groups excluding carboxylic acids is 1. The number of likely N-dealkylation sites (tertiary alicyclic amines) is 1. The Hall–Kier alpha value is -1.84. The molecular weight excluding hydrogens is 278 g/mol. The first-order valence-corrected chi connectivity index (χ1v) is 8.13. The maximum Gasteiger partial charge on any atom is 0.303 e. The molecule has 0 radical (unpaired) electrons. The van der Waals surface area contributed by atoms with E-state index in [1.165, 1.54) is 11.1 Å². The van der Waals surface area contributed by atoms with Gasteiger partial charge in [-0.2, -0.15) is 0 Å². The first-order valence-electron chi connectivity index (χ1n) is 8.13. The van der Waals surface area contributed by atoms with Crippen molar-refractivity contribution in [1.29, 1.82) is 0 Å². The van der Waals surface area contributed by atoms with Gasteiger partial charge in [-0.05, 0) is 44.6 Å². The molecule has 1 amide bonds. The van der Waals surface area contributed by atoms with Crippen molar-refractivity contribution in [3.05, 3.63) is 35.4 Å². The van der Waals surface area contributed by atoms with Gasteiger partial charge in [-0.15, -0.1) is 0 Å². The van der Waals surface area contributed by atoms with E-state index in [4.69, 9.17) is 5.11 Å². The van der Waals surface area contributed by atoms with Crippen LogP contribution in [0.5, 0.6) is 0 Å². The van der Waals surface area contributed by atoms with Crippen LogP contribution in [0.15, 0.2) is 24.3 Å². The van der Waals surface area contributed by atoms with Gasteiger partial charge in [0.2, 0.25) is 5.91 Å². The number of hydrogen-bond acceptors (Lipinski definition) is 2. The summed E-state index contributed by atoms with van der Waals surface area (Å²) < 4.78 is 0. The zero-order chi connectivity index (χ0) is 15.9. The number of aliphatic carboxylic acids is 1. The minimum Gasteiger partial charge on any atom is -0.481 e. The third-order valence-corrected chi connectivity index (χ3v) is 4.35. The summed E-state index contributed by atoms with van der Waals surface area (Å²) in [4.78, 5) is 25.2. The number of piperidine rings is 1. The van der Waals surface area contributed by atoms with Crippen LogP contribution >= 0.6 is 0 Å². The molecule has 1 heterocycles. The van der Waals surface area contributed by atoms with E-state index < -0.39 is 5.97 Å². The Morgan fingerprint density at radius 3 is 2.82 bits per heavy atom. The predicted octanol–water partition coefficient (Wildman–Crippen LogP) is 3.17. The van der Waals surface area contributed by atoms with Crippen molar-refractivity contribution in [1.82, 2.24) is 4.90 Å². The van der Waals surface area contributed by atoms with Gasteiger partial charge in [0.1, 0.15) is 0 Å². The number of amides is 1. The maximum atomic E-state index is 12.5. The third kappa shape index (κ3) is 4.86. The van der Waals surface area contributed by atoms with E-state index >= 15 is 0 Å². The highest BCUT2D eigenvalue weighted by molar-refractivity contribution is 5.77. The highest BCUT2D eigenvalue weighted by atomic mass is 16.4. The van der Waals surface area contributed by atoms with Crippen molar-refractivity contribution < 1.29 is 14.7 Å². The summed E-state index contributed by atoms with van der Waals surface area (Å²) in [5.41, 5.74) is 2.40. The van der Waals surface area contributed by atoms with Crippen LogP contribution in [0.3, 0.4) is 0 Å². The van der Waals surface area contributed by atoms with Crippen LogP contribution < -0.4 is 0 Å². The van der Waals surface area contributed by atoms with Crippen LogP contribution in [0, 0.1) is 6.92 Å². The average Bonchev–Trinajstić information content (AvgIpc) is 2.51. The number of nitrogens with zero attached hydrogens (tertiary/aromatic N) is 1. The van der Waals surface area contributed by atoms with Crippen LogP contribution in [-0.4, -0.2) is 34.5 Å². The largest absolute Gasteiger partial charge is 0.481 e. The molecule has 1 saturated heterocycles. The first-order chi connectivity index (χ1) is 10.6. The fourth-order valence-corrected chi connectivity index (χ4v) is 3.18. The van der Waals surface area contributed by atoms with Gasteiger partial charge in [0.05, 0.1) is 0 Å². The molecule has 0 aromatic heterocycles. The van der Waals surface area contributed by atoms with Gasteiger partial charge in [0.25, 0.3) is 0 Å². The van der Waals surface area contributed by atoms with E-state index in [0.29, 0.717) is 12.8 Å². The molecule has 0 bridgehead atoms. The minimum absolute atomic E-state index is 0.106. The lowest BCUT2D eigenvalue weighted by atomic mass is 9.97. The fraction of sp³-hybridized carbons (Fsp3) is 0.556. The van der Waals surface area contributed by atoms with Gasteiger partial charge >= 0.3 is 5.97 Å². The minimum atomic E-state index is -0.780. The molecule has 120 valence electrons. The molecule has 0 aliphatic carbocycles. The second-order valence-corrected chi connectivity index (χ2v) is 6.16. The lowest BCUT2D eigenvalue weighted by molar-refractivity contribution is -0.140. The molecule has 0 saturated carbocycles. The second-order valence-electron chi connectivity index (χ2n) is 6.16. The zero-order valence-electron chi connectivity index (χ0n) is 13.3. The smallest absolute Gasteiger partial charge is 0.303 e. The van der Waals surface area contributed by atoms with Crippen LogP contribution in [0.25, 0.3) is 0 Å². The van der Waals surface area contributed by atoms with E-state index in [-0.39, 0.29) is 18.4 Å². The molecule has 1 fully saturated rings. The predicted molar refractivity (Wildman–Crippen MR) is 85.7 cm³/mol. The van der Waals surface area contributed by atoms with E-state index in [1.54, 1.807) is 0 Å². The topological polar surface area (TPSA) is 57.6 Å². The lowest BCUT2D eigenvalue weighted by Gasteiger charge is -2.35. The van der Waals surface area contributed by atoms with Crippen LogP contribution in [0.4, 0.5) is 0 Å². The number of benzene rings is 1. The van der Waals surface area contributed by atoms with Crippen molar-refractivity contribution >= 4 is 11.9 Å². The highest BCUT2D eigenvalue weighted by Crippen LogP contribution is 2.22. The van der Waals surface area contributed by atoms with Gasteiger partial charge in [0, 0.05) is 25.4 Å². The molecule has 1 aromatic carbocycles. The molecule has 22 heavy (non-hydrogen) atoms. The van der Waals surface area contributed by atoms with E-state index in [2.05, 4.69) is 25.1 Å². The fourth-order valence-electron chi connectivity index (χ4n) is 3.18. The molecule has 2 rings (SSSR count). The quantitative estimate of drug-likeness (QED) is 0.878. The number of aryl methyl sites for hydroxylation is 2. The van der Waals surface area contributed by atoms with Gasteiger partial charge < -0.3 is 10.0 Å². The normalized spacial score (nSPS) is 18.2. The maximum absolute atomic E-state index is 12.5. The third-order valence-electron chi connectivity index (χ3n) is 4.35. The van der Waals surface area contributed by atoms with Crippen molar-refractivity contribution in [3.8, 4) is 0 Å². The molecule has 1 atom stereocenters. The monoisotopic (exact) mass is 303 g/mol. The second kappa shape index (κ2) is 7.97. The van der Waals surface area contributed by atoms with Crippen LogP contribution in [-0.2, 0) is 16.0 Å². The van der Waals surface area contributed by atoms with Crippen molar-refractivity contribution in [2.75, 3.05) is 6.54 Å². The van der Waals surface area contributed by atoms with Gasteiger partial charge in [-0.25, -0.2) is 0 Å². The van der Waals surface area contributed by atoms with Crippen molar-refractivity contribution in [2.24, 2.45) is 0 Å². The number of carboxylic acids is 1. The molecule has 1 aliphatic heterocycles. The number of carbonyl (C=O) groups is 2. The highest BCUT2D eigenvalue weighted by Gasteiger charge is 2.26. The van der Waals surface area contributed by atoms with E-state index in [9.17, 15) is 9.59 Å². The summed E-state index contributed by atoms with van der Waals surface area (Å²) in [6, 6.07) is 8.35. The van der Waals surface area contributed by atoms with E-state index in [1.807, 2.05) is 11.0 Å². The summed E-state index contributed by atoms with van der Waals surface area (Å²) in [6.07, 6.45) is 5.03. The van der Waals surface area contributed by atoms with Gasteiger partial charge in [-0.1, -0.05) is 29.8 Å². The molecule has 1 aliphatic rings. The Kier molecular flexibility index (Phi) is 5.99. The zero-order valence-corrected chi connectivity index (χ0v) is 13.3. The van der Waals surface area contributed by atoms with Gasteiger partial charge in [-0.3, -0.25) is 9.59 Å². The molecule has 1 unspecified atom stereocenters. The summed E-state index contributed by atoms with van der Waals surface area (Å²) in [6.45, 7) is 2.83.